The van der Waals surface area contributed by atoms with Crippen LogP contribution in [0.5, 0.6) is 0 Å². The molecular weight excluding hydrogens is 274 g/mol. The summed E-state index contributed by atoms with van der Waals surface area (Å²) in [4.78, 5) is 20.8. The lowest BCUT2D eigenvalue weighted by Gasteiger charge is -2.00. The maximum Gasteiger partial charge on any atom is 0.259 e. The van der Waals surface area contributed by atoms with Crippen molar-refractivity contribution in [2.75, 3.05) is 11.9 Å². The van der Waals surface area contributed by atoms with Crippen molar-refractivity contribution in [1.82, 2.24) is 9.97 Å². The minimum atomic E-state index is -0.248. The molecule has 0 radical (unpaired) electrons. The Labute approximate surface area is 120 Å². The molecule has 2 rings (SSSR count). The summed E-state index contributed by atoms with van der Waals surface area (Å²) in [6.45, 7) is 1.90. The zero-order valence-electron chi connectivity index (χ0n) is 10.9. The Balaban J connectivity index is 2.02. The molecule has 0 aliphatic rings. The van der Waals surface area contributed by atoms with Crippen molar-refractivity contribution < 1.29 is 9.90 Å². The molecule has 0 saturated heterocycles. The number of carbonyl (C=O) groups is 1. The summed E-state index contributed by atoms with van der Waals surface area (Å²) in [6.07, 6.45) is 3.55. The number of nitrogens with zero attached hydrogens (tertiary/aromatic N) is 2. The van der Waals surface area contributed by atoms with E-state index in [4.69, 9.17) is 5.11 Å². The quantitative estimate of drug-likeness (QED) is 0.845. The van der Waals surface area contributed by atoms with Crippen molar-refractivity contribution in [1.29, 1.82) is 0 Å². The molecule has 0 saturated carbocycles. The number of thiazole rings is 1. The largest absolute Gasteiger partial charge is 0.395 e. The van der Waals surface area contributed by atoms with E-state index in [-0.39, 0.29) is 12.5 Å². The Kier molecular flexibility index (Phi) is 4.82. The van der Waals surface area contributed by atoms with Gasteiger partial charge in [0.2, 0.25) is 0 Å². The summed E-state index contributed by atoms with van der Waals surface area (Å²) in [6, 6.07) is 3.50. The lowest BCUT2D eigenvalue weighted by Crippen LogP contribution is -2.11. The van der Waals surface area contributed by atoms with E-state index in [1.807, 2.05) is 6.92 Å². The van der Waals surface area contributed by atoms with Crippen molar-refractivity contribution in [3.63, 3.8) is 0 Å². The number of hydrogen-bond acceptors (Lipinski definition) is 5. The van der Waals surface area contributed by atoms with Crippen LogP contribution in [0, 0.1) is 18.8 Å². The van der Waals surface area contributed by atoms with E-state index < -0.39 is 0 Å². The predicted octanol–water partition coefficient (Wildman–Crippen LogP) is 1.83. The van der Waals surface area contributed by atoms with E-state index in [2.05, 4.69) is 27.1 Å². The molecule has 0 aliphatic heterocycles. The SMILES string of the molecule is Cc1ccc(C(=O)Nc2ncc(C#CCCO)s2)cn1. The number of anilines is 1. The topological polar surface area (TPSA) is 75.1 Å². The lowest BCUT2D eigenvalue weighted by atomic mass is 10.2. The fourth-order valence-corrected chi connectivity index (χ4v) is 2.05. The highest BCUT2D eigenvalue weighted by molar-refractivity contribution is 7.16. The Morgan fingerprint density at radius 1 is 1.40 bits per heavy atom. The van der Waals surface area contributed by atoms with Crippen LogP contribution in [-0.4, -0.2) is 27.6 Å². The van der Waals surface area contributed by atoms with Gasteiger partial charge in [0, 0.05) is 18.3 Å². The number of aliphatic hydroxyl groups is 1. The monoisotopic (exact) mass is 287 g/mol. The number of nitrogens with one attached hydrogen (secondary N) is 1. The highest BCUT2D eigenvalue weighted by Gasteiger charge is 2.08. The first-order chi connectivity index (χ1) is 9.69. The molecule has 0 aliphatic carbocycles. The van der Waals surface area contributed by atoms with Gasteiger partial charge in [0.1, 0.15) is 0 Å². The molecule has 0 atom stereocenters. The predicted molar refractivity (Wildman–Crippen MR) is 77.6 cm³/mol. The molecule has 0 fully saturated rings. The molecule has 102 valence electrons. The average molecular weight is 287 g/mol. The third kappa shape index (κ3) is 3.88. The second-order valence-electron chi connectivity index (χ2n) is 3.95. The van der Waals surface area contributed by atoms with Crippen LogP contribution < -0.4 is 5.32 Å². The summed E-state index contributed by atoms with van der Waals surface area (Å²) in [5.41, 5.74) is 1.34. The van der Waals surface area contributed by atoms with Gasteiger partial charge in [0.15, 0.2) is 5.13 Å². The van der Waals surface area contributed by atoms with Crippen molar-refractivity contribution in [3.8, 4) is 11.8 Å². The summed E-state index contributed by atoms with van der Waals surface area (Å²) >= 11 is 1.29. The second kappa shape index (κ2) is 6.80. The maximum atomic E-state index is 11.9. The van der Waals surface area contributed by atoms with Gasteiger partial charge < -0.3 is 5.11 Å². The molecule has 2 heterocycles. The van der Waals surface area contributed by atoms with Gasteiger partial charge in [0.05, 0.1) is 23.2 Å². The number of rotatable bonds is 3. The Bertz CT molecular complexity index is 653. The number of amides is 1. The Morgan fingerprint density at radius 2 is 2.25 bits per heavy atom. The van der Waals surface area contributed by atoms with E-state index in [9.17, 15) is 4.79 Å². The molecule has 2 aromatic heterocycles. The van der Waals surface area contributed by atoms with Gasteiger partial charge in [-0.15, -0.1) is 0 Å². The summed E-state index contributed by atoms with van der Waals surface area (Å²) in [7, 11) is 0. The van der Waals surface area contributed by atoms with Gasteiger partial charge in [-0.2, -0.15) is 0 Å². The maximum absolute atomic E-state index is 11.9. The summed E-state index contributed by atoms with van der Waals surface area (Å²) in [5.74, 6) is 5.42. The van der Waals surface area contributed by atoms with E-state index in [0.717, 1.165) is 10.6 Å². The molecule has 0 bridgehead atoms. The number of aliphatic hydroxyl groups excluding tert-OH is 1. The fraction of sp³-hybridized carbons (Fsp3) is 0.214. The number of aryl methyl sites for hydroxylation is 1. The zero-order chi connectivity index (χ0) is 14.4. The minimum Gasteiger partial charge on any atom is -0.395 e. The van der Waals surface area contributed by atoms with Gasteiger partial charge in [0.25, 0.3) is 5.91 Å². The lowest BCUT2D eigenvalue weighted by molar-refractivity contribution is 0.102. The van der Waals surface area contributed by atoms with Crippen molar-refractivity contribution in [2.45, 2.75) is 13.3 Å². The van der Waals surface area contributed by atoms with Crippen molar-refractivity contribution >= 4 is 22.4 Å². The molecule has 20 heavy (non-hydrogen) atoms. The van der Waals surface area contributed by atoms with E-state index in [0.29, 0.717) is 17.1 Å². The minimum absolute atomic E-state index is 0.0375. The van der Waals surface area contributed by atoms with E-state index in [1.165, 1.54) is 17.5 Å². The highest BCUT2D eigenvalue weighted by Crippen LogP contribution is 2.17. The van der Waals surface area contributed by atoms with Crippen LogP contribution in [0.4, 0.5) is 5.13 Å². The molecule has 1 amide bonds. The van der Waals surface area contributed by atoms with Gasteiger partial charge in [-0.25, -0.2) is 4.98 Å². The summed E-state index contributed by atoms with van der Waals surface area (Å²) < 4.78 is 0. The molecular formula is C14H13N3O2S. The molecule has 0 aromatic carbocycles. The molecule has 0 spiro atoms. The first-order valence-electron chi connectivity index (χ1n) is 5.98. The van der Waals surface area contributed by atoms with E-state index in [1.54, 1.807) is 18.3 Å². The highest BCUT2D eigenvalue weighted by atomic mass is 32.1. The van der Waals surface area contributed by atoms with E-state index >= 15 is 0 Å². The van der Waals surface area contributed by atoms with Crippen molar-refractivity contribution in [2.24, 2.45) is 0 Å². The number of hydrogen-bond donors (Lipinski definition) is 2. The first-order valence-corrected chi connectivity index (χ1v) is 6.80. The van der Waals surface area contributed by atoms with Gasteiger partial charge in [-0.3, -0.25) is 15.1 Å². The van der Waals surface area contributed by atoms with Gasteiger partial charge in [-0.05, 0) is 19.1 Å². The number of aromatic nitrogens is 2. The van der Waals surface area contributed by atoms with Gasteiger partial charge in [-0.1, -0.05) is 23.2 Å². The molecule has 5 nitrogen and oxygen atoms in total. The normalized spacial score (nSPS) is 9.70. The molecule has 2 aromatic rings. The Hall–Kier alpha value is -2.23. The van der Waals surface area contributed by atoms with Crippen LogP contribution in [0.25, 0.3) is 0 Å². The standard InChI is InChI=1S/C14H13N3O2S/c1-10-5-6-11(8-15-10)13(19)17-14-16-9-12(20-14)4-2-3-7-18/h5-6,8-9,18H,3,7H2,1H3,(H,16,17,19). The van der Waals surface area contributed by atoms with Gasteiger partial charge >= 0.3 is 0 Å². The summed E-state index contributed by atoms with van der Waals surface area (Å²) in [5, 5.41) is 11.8. The van der Waals surface area contributed by atoms with Crippen LogP contribution in [0.15, 0.2) is 24.5 Å². The van der Waals surface area contributed by atoms with Crippen LogP contribution in [0.1, 0.15) is 27.3 Å². The third-order valence-electron chi connectivity index (χ3n) is 2.35. The third-order valence-corrected chi connectivity index (χ3v) is 3.18. The molecule has 0 unspecified atom stereocenters. The van der Waals surface area contributed by atoms with Crippen LogP contribution >= 0.6 is 11.3 Å². The average Bonchev–Trinajstić information content (AvgIpc) is 2.87. The smallest absolute Gasteiger partial charge is 0.259 e. The second-order valence-corrected chi connectivity index (χ2v) is 4.98. The van der Waals surface area contributed by atoms with Crippen LogP contribution in [0.2, 0.25) is 0 Å². The zero-order valence-corrected chi connectivity index (χ0v) is 11.7. The first kappa shape index (κ1) is 14.2. The number of carbonyl (C=O) groups excluding carboxylic acids is 1. The van der Waals surface area contributed by atoms with Crippen LogP contribution in [0.3, 0.4) is 0 Å². The Morgan fingerprint density at radius 3 is 2.95 bits per heavy atom. The number of pyridine rings is 1. The molecule has 6 heteroatoms. The fourth-order valence-electron chi connectivity index (χ4n) is 1.37. The molecule has 2 N–H and O–H groups in total. The van der Waals surface area contributed by atoms with Crippen molar-refractivity contribution in [3.05, 3.63) is 40.7 Å². The van der Waals surface area contributed by atoms with Crippen LogP contribution in [-0.2, 0) is 0 Å².